The van der Waals surface area contributed by atoms with E-state index in [-0.39, 0.29) is 5.41 Å². The van der Waals surface area contributed by atoms with Crippen LogP contribution in [0.4, 0.5) is 4.39 Å². The number of hydrogen-bond acceptors (Lipinski definition) is 0. The molecule has 0 aromatic heterocycles. The molecule has 1 aliphatic carbocycles. The highest BCUT2D eigenvalue weighted by molar-refractivity contribution is 4.94. The largest absolute Gasteiger partial charge is 0.247 e. The summed E-state index contributed by atoms with van der Waals surface area (Å²) in [6.45, 7) is 6.28. The standard InChI is InChI=1S/C7H13F/c1-7(2,3)5-4-6(5)8/h5-6H,4H2,1-3H3/t5?,6-/m0/s1. The summed E-state index contributed by atoms with van der Waals surface area (Å²) in [5, 5.41) is 0. The van der Waals surface area contributed by atoms with Gasteiger partial charge in [-0.3, -0.25) is 0 Å². The summed E-state index contributed by atoms with van der Waals surface area (Å²) < 4.78 is 12.3. The molecule has 2 atom stereocenters. The maximum Gasteiger partial charge on any atom is 0.104 e. The summed E-state index contributed by atoms with van der Waals surface area (Å²) in [4.78, 5) is 0. The van der Waals surface area contributed by atoms with E-state index in [4.69, 9.17) is 0 Å². The van der Waals surface area contributed by atoms with Crippen LogP contribution < -0.4 is 0 Å². The zero-order chi connectivity index (χ0) is 6.36. The molecule has 0 nitrogen and oxygen atoms in total. The highest BCUT2D eigenvalue weighted by atomic mass is 19.1. The molecule has 8 heavy (non-hydrogen) atoms. The van der Waals surface area contributed by atoms with Crippen molar-refractivity contribution in [3.05, 3.63) is 0 Å². The maximum atomic E-state index is 12.3. The van der Waals surface area contributed by atoms with E-state index in [9.17, 15) is 4.39 Å². The molecular weight excluding hydrogens is 103 g/mol. The molecule has 1 rings (SSSR count). The second-order valence-corrected chi connectivity index (χ2v) is 3.72. The first-order valence-electron chi connectivity index (χ1n) is 3.16. The van der Waals surface area contributed by atoms with E-state index in [1.807, 2.05) is 0 Å². The van der Waals surface area contributed by atoms with Gasteiger partial charge in [0.1, 0.15) is 6.17 Å². The Hall–Kier alpha value is -0.0700. The Balaban J connectivity index is 2.39. The minimum atomic E-state index is -0.491. The second kappa shape index (κ2) is 1.46. The summed E-state index contributed by atoms with van der Waals surface area (Å²) in [6, 6.07) is 0. The van der Waals surface area contributed by atoms with Crippen LogP contribution in [-0.2, 0) is 0 Å². The zero-order valence-electron chi connectivity index (χ0n) is 5.74. The number of hydrogen-bond donors (Lipinski definition) is 0. The quantitative estimate of drug-likeness (QED) is 0.456. The topological polar surface area (TPSA) is 0 Å². The Morgan fingerprint density at radius 3 is 1.75 bits per heavy atom. The molecule has 0 amide bonds. The molecule has 1 heteroatoms. The van der Waals surface area contributed by atoms with E-state index in [2.05, 4.69) is 20.8 Å². The summed E-state index contributed by atoms with van der Waals surface area (Å²) in [6.07, 6.45) is 0.304. The molecule has 0 N–H and O–H groups in total. The van der Waals surface area contributed by atoms with Gasteiger partial charge in [-0.25, -0.2) is 4.39 Å². The fourth-order valence-corrected chi connectivity index (χ4v) is 1.06. The van der Waals surface area contributed by atoms with Gasteiger partial charge in [-0.1, -0.05) is 20.8 Å². The molecule has 0 bridgehead atoms. The van der Waals surface area contributed by atoms with Crippen LogP contribution in [0.3, 0.4) is 0 Å². The minimum Gasteiger partial charge on any atom is -0.247 e. The van der Waals surface area contributed by atoms with Crippen molar-refractivity contribution >= 4 is 0 Å². The first-order valence-corrected chi connectivity index (χ1v) is 3.16. The van der Waals surface area contributed by atoms with Gasteiger partial charge in [0.15, 0.2) is 0 Å². The lowest BCUT2D eigenvalue weighted by atomic mass is 9.90. The van der Waals surface area contributed by atoms with Gasteiger partial charge in [-0.05, 0) is 17.8 Å². The number of rotatable bonds is 0. The highest BCUT2D eigenvalue weighted by Gasteiger charge is 2.45. The first-order chi connectivity index (χ1) is 3.52. The maximum absolute atomic E-state index is 12.3. The molecule has 1 unspecified atom stereocenters. The summed E-state index contributed by atoms with van der Waals surface area (Å²) in [5.41, 5.74) is 0.208. The summed E-state index contributed by atoms with van der Waals surface area (Å²) in [7, 11) is 0. The molecular formula is C7H13F. The van der Waals surface area contributed by atoms with Crippen molar-refractivity contribution in [1.29, 1.82) is 0 Å². The number of alkyl halides is 1. The van der Waals surface area contributed by atoms with Gasteiger partial charge in [0.05, 0.1) is 0 Å². The van der Waals surface area contributed by atoms with E-state index in [0.717, 1.165) is 6.42 Å². The van der Waals surface area contributed by atoms with Crippen LogP contribution in [0.5, 0.6) is 0 Å². The summed E-state index contributed by atoms with van der Waals surface area (Å²) >= 11 is 0. The van der Waals surface area contributed by atoms with E-state index < -0.39 is 6.17 Å². The Morgan fingerprint density at radius 1 is 1.38 bits per heavy atom. The third-order valence-electron chi connectivity index (χ3n) is 1.82. The molecule has 0 aliphatic heterocycles. The molecule has 0 spiro atoms. The van der Waals surface area contributed by atoms with Gasteiger partial charge in [0.2, 0.25) is 0 Å². The van der Waals surface area contributed by atoms with E-state index >= 15 is 0 Å². The van der Waals surface area contributed by atoms with E-state index in [1.54, 1.807) is 0 Å². The van der Waals surface area contributed by atoms with Crippen molar-refractivity contribution in [1.82, 2.24) is 0 Å². The monoisotopic (exact) mass is 116 g/mol. The van der Waals surface area contributed by atoms with Gasteiger partial charge >= 0.3 is 0 Å². The molecule has 0 saturated heterocycles. The molecule has 0 radical (unpaired) electrons. The molecule has 0 aromatic rings. The Kier molecular flexibility index (Phi) is 1.10. The Morgan fingerprint density at radius 2 is 1.75 bits per heavy atom. The third-order valence-corrected chi connectivity index (χ3v) is 1.82. The van der Waals surface area contributed by atoms with Gasteiger partial charge < -0.3 is 0 Å². The fourth-order valence-electron chi connectivity index (χ4n) is 1.06. The van der Waals surface area contributed by atoms with Crippen molar-refractivity contribution in [2.24, 2.45) is 11.3 Å². The smallest absolute Gasteiger partial charge is 0.104 e. The molecule has 1 aliphatic rings. The van der Waals surface area contributed by atoms with Crippen LogP contribution in [0.25, 0.3) is 0 Å². The zero-order valence-corrected chi connectivity index (χ0v) is 5.74. The van der Waals surface area contributed by atoms with Crippen LogP contribution >= 0.6 is 0 Å². The van der Waals surface area contributed by atoms with Crippen LogP contribution in [0.15, 0.2) is 0 Å². The van der Waals surface area contributed by atoms with Gasteiger partial charge in [-0.2, -0.15) is 0 Å². The van der Waals surface area contributed by atoms with Crippen molar-refractivity contribution < 1.29 is 4.39 Å². The lowest BCUT2D eigenvalue weighted by Crippen LogP contribution is -2.09. The lowest BCUT2D eigenvalue weighted by molar-refractivity contribution is 0.297. The lowest BCUT2D eigenvalue weighted by Gasteiger charge is -2.15. The Bertz CT molecular complexity index is 91.1. The van der Waals surface area contributed by atoms with Gasteiger partial charge in [0, 0.05) is 0 Å². The minimum absolute atomic E-state index is 0.208. The van der Waals surface area contributed by atoms with Crippen molar-refractivity contribution in [2.45, 2.75) is 33.4 Å². The van der Waals surface area contributed by atoms with Crippen LogP contribution in [-0.4, -0.2) is 6.17 Å². The molecule has 1 fully saturated rings. The molecule has 0 aromatic carbocycles. The molecule has 48 valence electrons. The normalized spacial score (nSPS) is 37.5. The average Bonchev–Trinajstić information content (AvgIpc) is 2.13. The van der Waals surface area contributed by atoms with E-state index in [1.165, 1.54) is 0 Å². The third kappa shape index (κ3) is 1.01. The Labute approximate surface area is 50.1 Å². The van der Waals surface area contributed by atoms with Gasteiger partial charge in [-0.15, -0.1) is 0 Å². The van der Waals surface area contributed by atoms with Crippen LogP contribution in [0.2, 0.25) is 0 Å². The highest BCUT2D eigenvalue weighted by Crippen LogP contribution is 2.47. The molecule has 1 saturated carbocycles. The number of halogens is 1. The van der Waals surface area contributed by atoms with Crippen LogP contribution in [0.1, 0.15) is 27.2 Å². The average molecular weight is 116 g/mol. The molecule has 0 heterocycles. The first kappa shape index (κ1) is 6.06. The van der Waals surface area contributed by atoms with Crippen molar-refractivity contribution in [2.75, 3.05) is 0 Å². The summed E-state index contributed by atoms with van der Waals surface area (Å²) in [5.74, 6) is 0.350. The predicted molar refractivity (Wildman–Crippen MR) is 32.5 cm³/mol. The van der Waals surface area contributed by atoms with E-state index in [0.29, 0.717) is 5.92 Å². The van der Waals surface area contributed by atoms with Crippen LogP contribution in [0, 0.1) is 11.3 Å². The second-order valence-electron chi connectivity index (χ2n) is 3.72. The van der Waals surface area contributed by atoms with Crippen molar-refractivity contribution in [3.63, 3.8) is 0 Å². The van der Waals surface area contributed by atoms with Gasteiger partial charge in [0.25, 0.3) is 0 Å². The van der Waals surface area contributed by atoms with Crippen molar-refractivity contribution in [3.8, 4) is 0 Å². The predicted octanol–water partition coefficient (Wildman–Crippen LogP) is 2.39. The SMILES string of the molecule is CC(C)(C)C1C[C@@H]1F. The fraction of sp³-hybridized carbons (Fsp3) is 1.00.